The van der Waals surface area contributed by atoms with Crippen molar-refractivity contribution in [3.63, 3.8) is 0 Å². The van der Waals surface area contributed by atoms with E-state index in [4.69, 9.17) is 11.6 Å². The number of rotatable bonds is 6. The summed E-state index contributed by atoms with van der Waals surface area (Å²) in [4.78, 5) is 14.1. The summed E-state index contributed by atoms with van der Waals surface area (Å²) >= 11 is 7.30. The topological polar surface area (TPSA) is 69.7 Å². The largest absolute Gasteiger partial charge is 0.351 e. The van der Waals surface area contributed by atoms with Gasteiger partial charge in [0.15, 0.2) is 0 Å². The van der Waals surface area contributed by atoms with Gasteiger partial charge in [-0.2, -0.15) is 4.31 Å². The minimum absolute atomic E-state index is 0.0977. The van der Waals surface area contributed by atoms with Gasteiger partial charge in [-0.25, -0.2) is 8.42 Å². The molecule has 0 unspecified atom stereocenters. The molecular formula is C17H20ClN3O3S2. The van der Waals surface area contributed by atoms with Crippen molar-refractivity contribution in [2.24, 2.45) is 0 Å². The molecule has 1 amide bonds. The fourth-order valence-electron chi connectivity index (χ4n) is 2.76. The lowest BCUT2D eigenvalue weighted by atomic mass is 10.2. The highest BCUT2D eigenvalue weighted by molar-refractivity contribution is 7.91. The van der Waals surface area contributed by atoms with Crippen LogP contribution in [0.25, 0.3) is 0 Å². The maximum atomic E-state index is 12.5. The van der Waals surface area contributed by atoms with Crippen molar-refractivity contribution in [2.75, 3.05) is 32.7 Å². The van der Waals surface area contributed by atoms with Crippen molar-refractivity contribution < 1.29 is 13.2 Å². The molecule has 2 aromatic rings. The monoisotopic (exact) mass is 413 g/mol. The molecule has 3 rings (SSSR count). The minimum atomic E-state index is -3.41. The van der Waals surface area contributed by atoms with E-state index in [1.807, 2.05) is 23.1 Å². The average molecular weight is 414 g/mol. The molecule has 9 heteroatoms. The predicted molar refractivity (Wildman–Crippen MR) is 103 cm³/mol. The first-order valence-electron chi connectivity index (χ1n) is 8.23. The molecule has 0 aliphatic carbocycles. The van der Waals surface area contributed by atoms with E-state index in [1.54, 1.807) is 23.6 Å². The third-order valence-electron chi connectivity index (χ3n) is 4.22. The van der Waals surface area contributed by atoms with E-state index < -0.39 is 10.0 Å². The van der Waals surface area contributed by atoms with Crippen LogP contribution in [-0.2, 0) is 21.4 Å². The number of hydrogen-bond acceptors (Lipinski definition) is 5. The van der Waals surface area contributed by atoms with Gasteiger partial charge in [0.25, 0.3) is 10.0 Å². The Hall–Kier alpha value is -1.45. The molecule has 1 aliphatic rings. The molecule has 0 atom stereocenters. The van der Waals surface area contributed by atoms with Crippen LogP contribution < -0.4 is 5.32 Å². The Labute approximate surface area is 162 Å². The van der Waals surface area contributed by atoms with Gasteiger partial charge in [-0.05, 0) is 23.1 Å². The Kier molecular flexibility index (Phi) is 6.31. The molecule has 140 valence electrons. The summed E-state index contributed by atoms with van der Waals surface area (Å²) < 4.78 is 26.8. The molecule has 1 aromatic heterocycles. The quantitative estimate of drug-likeness (QED) is 0.786. The number of amides is 1. The number of nitrogens with one attached hydrogen (secondary N) is 1. The van der Waals surface area contributed by atoms with Gasteiger partial charge in [0.2, 0.25) is 5.91 Å². The van der Waals surface area contributed by atoms with Gasteiger partial charge in [-0.15, -0.1) is 11.3 Å². The van der Waals surface area contributed by atoms with Gasteiger partial charge >= 0.3 is 0 Å². The second-order valence-corrected chi connectivity index (χ2v) is 9.50. The second-order valence-electron chi connectivity index (χ2n) is 5.98. The van der Waals surface area contributed by atoms with Crippen LogP contribution in [0.5, 0.6) is 0 Å². The molecule has 6 nitrogen and oxygen atoms in total. The Morgan fingerprint density at radius 3 is 2.50 bits per heavy atom. The molecule has 0 bridgehead atoms. The van der Waals surface area contributed by atoms with Gasteiger partial charge < -0.3 is 5.32 Å². The van der Waals surface area contributed by atoms with Gasteiger partial charge in [0.05, 0.1) is 6.54 Å². The molecule has 1 aliphatic heterocycles. The molecule has 0 spiro atoms. The van der Waals surface area contributed by atoms with Crippen molar-refractivity contribution in [1.82, 2.24) is 14.5 Å². The summed E-state index contributed by atoms with van der Waals surface area (Å²) in [5, 5.41) is 5.24. The van der Waals surface area contributed by atoms with Crippen LogP contribution in [0.2, 0.25) is 5.02 Å². The third-order valence-corrected chi connectivity index (χ3v) is 7.86. The van der Waals surface area contributed by atoms with Gasteiger partial charge in [0, 0.05) is 37.7 Å². The van der Waals surface area contributed by atoms with E-state index in [9.17, 15) is 13.2 Å². The molecular weight excluding hydrogens is 394 g/mol. The molecule has 0 saturated carbocycles. The zero-order valence-electron chi connectivity index (χ0n) is 14.1. The minimum Gasteiger partial charge on any atom is -0.351 e. The van der Waals surface area contributed by atoms with Gasteiger partial charge in [-0.1, -0.05) is 35.9 Å². The fourth-order valence-corrected chi connectivity index (χ4v) is 5.53. The summed E-state index contributed by atoms with van der Waals surface area (Å²) in [5.74, 6) is -0.0977. The number of thiophene rings is 1. The first-order valence-corrected chi connectivity index (χ1v) is 10.9. The number of benzene rings is 1. The standard InChI is InChI=1S/C17H20ClN3O3S2/c18-15-5-2-1-4-14(15)12-19-16(22)13-20-7-9-21(10-8-20)26(23,24)17-6-3-11-25-17/h1-6,11H,7-10,12-13H2,(H,19,22). The van der Waals surface area contributed by atoms with Crippen molar-refractivity contribution in [2.45, 2.75) is 10.8 Å². The molecule has 2 heterocycles. The lowest BCUT2D eigenvalue weighted by Crippen LogP contribution is -2.50. The van der Waals surface area contributed by atoms with E-state index in [2.05, 4.69) is 5.32 Å². The highest BCUT2D eigenvalue weighted by atomic mass is 35.5. The number of halogens is 1. The number of hydrogen-bond donors (Lipinski definition) is 1. The number of carbonyl (C=O) groups is 1. The zero-order valence-corrected chi connectivity index (χ0v) is 16.5. The lowest BCUT2D eigenvalue weighted by molar-refractivity contribution is -0.122. The van der Waals surface area contributed by atoms with E-state index in [0.717, 1.165) is 5.56 Å². The van der Waals surface area contributed by atoms with Crippen LogP contribution in [0.3, 0.4) is 0 Å². The van der Waals surface area contributed by atoms with Crippen molar-refractivity contribution in [1.29, 1.82) is 0 Å². The summed E-state index contributed by atoms with van der Waals surface area (Å²) in [6.07, 6.45) is 0. The van der Waals surface area contributed by atoms with Crippen molar-refractivity contribution >= 4 is 38.9 Å². The first-order chi connectivity index (χ1) is 12.5. The summed E-state index contributed by atoms with van der Waals surface area (Å²) in [6, 6.07) is 10.7. The van der Waals surface area contributed by atoms with Crippen LogP contribution in [0.4, 0.5) is 0 Å². The van der Waals surface area contributed by atoms with Crippen LogP contribution in [0.15, 0.2) is 46.0 Å². The summed E-state index contributed by atoms with van der Waals surface area (Å²) in [5.41, 5.74) is 0.870. The Morgan fingerprint density at radius 1 is 1.12 bits per heavy atom. The predicted octanol–water partition coefficient (Wildman–Crippen LogP) is 2.02. The Morgan fingerprint density at radius 2 is 1.85 bits per heavy atom. The Bertz CT molecular complexity index is 848. The van der Waals surface area contributed by atoms with Crippen LogP contribution >= 0.6 is 22.9 Å². The number of piperazine rings is 1. The molecule has 0 radical (unpaired) electrons. The number of nitrogens with zero attached hydrogens (tertiary/aromatic N) is 2. The van der Waals surface area contributed by atoms with Gasteiger partial charge in [-0.3, -0.25) is 9.69 Å². The highest BCUT2D eigenvalue weighted by Gasteiger charge is 2.29. The smallest absolute Gasteiger partial charge is 0.252 e. The zero-order chi connectivity index (χ0) is 18.6. The maximum Gasteiger partial charge on any atom is 0.252 e. The Balaban J connectivity index is 1.47. The molecule has 1 N–H and O–H groups in total. The van der Waals surface area contributed by atoms with Crippen LogP contribution in [0, 0.1) is 0 Å². The van der Waals surface area contributed by atoms with E-state index >= 15 is 0 Å². The second kappa shape index (κ2) is 8.49. The molecule has 1 saturated heterocycles. The summed E-state index contributed by atoms with van der Waals surface area (Å²) in [6.45, 7) is 2.47. The molecule has 1 aromatic carbocycles. The fraction of sp³-hybridized carbons (Fsp3) is 0.353. The lowest BCUT2D eigenvalue weighted by Gasteiger charge is -2.33. The van der Waals surface area contributed by atoms with Gasteiger partial charge in [0.1, 0.15) is 4.21 Å². The summed E-state index contributed by atoms with van der Waals surface area (Å²) in [7, 11) is -3.41. The third kappa shape index (κ3) is 4.63. The SMILES string of the molecule is O=C(CN1CCN(S(=O)(=O)c2cccs2)CC1)NCc1ccccc1Cl. The van der Waals surface area contributed by atoms with E-state index in [-0.39, 0.29) is 12.5 Å². The van der Waals surface area contributed by atoms with Crippen molar-refractivity contribution in [3.8, 4) is 0 Å². The first kappa shape index (κ1) is 19.3. The van der Waals surface area contributed by atoms with Crippen LogP contribution in [0.1, 0.15) is 5.56 Å². The normalized spacial score (nSPS) is 16.5. The molecule has 26 heavy (non-hydrogen) atoms. The van der Waals surface area contributed by atoms with E-state index in [0.29, 0.717) is 42.0 Å². The van der Waals surface area contributed by atoms with E-state index in [1.165, 1.54) is 15.6 Å². The van der Waals surface area contributed by atoms with Crippen LogP contribution in [-0.4, -0.2) is 56.3 Å². The molecule has 1 fully saturated rings. The maximum absolute atomic E-state index is 12.5. The highest BCUT2D eigenvalue weighted by Crippen LogP contribution is 2.22. The average Bonchev–Trinajstić information content (AvgIpc) is 3.17. The van der Waals surface area contributed by atoms with Crippen molar-refractivity contribution in [3.05, 3.63) is 52.4 Å². The number of carbonyl (C=O) groups excluding carboxylic acids is 1. The number of sulfonamides is 1.